The number of halogens is 2. The molecule has 5 heteroatoms. The van der Waals surface area contributed by atoms with E-state index in [-0.39, 0.29) is 0 Å². The van der Waals surface area contributed by atoms with Crippen LogP contribution in [0.3, 0.4) is 0 Å². The van der Waals surface area contributed by atoms with Crippen LogP contribution in [0.15, 0.2) is 39.3 Å². The summed E-state index contributed by atoms with van der Waals surface area (Å²) in [5, 5.41) is 0. The molecule has 0 aliphatic rings. The van der Waals surface area contributed by atoms with Crippen LogP contribution in [0, 0.1) is 6.92 Å². The molecule has 0 saturated carbocycles. The van der Waals surface area contributed by atoms with Crippen molar-refractivity contribution in [1.29, 1.82) is 0 Å². The Hall–Kier alpha value is -1.33. The summed E-state index contributed by atoms with van der Waals surface area (Å²) in [6, 6.07) is 8.96. The van der Waals surface area contributed by atoms with Crippen molar-refractivity contribution in [1.82, 2.24) is 0 Å². The third-order valence-corrected chi connectivity index (χ3v) is 4.01. The molecule has 0 heterocycles. The number of aryl methyl sites for hydroxylation is 1. The summed E-state index contributed by atoms with van der Waals surface area (Å²) < 4.78 is 12.6. The molecule has 0 saturated heterocycles. The second kappa shape index (κ2) is 6.41. The lowest BCUT2D eigenvalue weighted by Crippen LogP contribution is -1.92. The maximum absolute atomic E-state index is 10.8. The molecular formula is C15H12Br2O3. The van der Waals surface area contributed by atoms with Crippen molar-refractivity contribution in [2.75, 3.05) is 7.11 Å². The van der Waals surface area contributed by atoms with Crippen molar-refractivity contribution in [3.05, 3.63) is 50.4 Å². The molecule has 0 spiro atoms. The maximum Gasteiger partial charge on any atom is 0.150 e. The number of carbonyl (C=O) groups is 1. The monoisotopic (exact) mass is 398 g/mol. The zero-order valence-corrected chi connectivity index (χ0v) is 14.1. The average Bonchev–Trinajstić information content (AvgIpc) is 2.44. The van der Waals surface area contributed by atoms with Gasteiger partial charge < -0.3 is 9.47 Å². The SMILES string of the molecule is COc1cc(Br)c(Oc2cc(C=O)ccc2C)cc1Br. The van der Waals surface area contributed by atoms with Crippen LogP contribution in [0.1, 0.15) is 15.9 Å². The third kappa shape index (κ3) is 3.22. The van der Waals surface area contributed by atoms with Crippen molar-refractivity contribution in [3.63, 3.8) is 0 Å². The summed E-state index contributed by atoms with van der Waals surface area (Å²) >= 11 is 6.86. The molecule has 0 amide bonds. The second-order valence-electron chi connectivity index (χ2n) is 4.16. The summed E-state index contributed by atoms with van der Waals surface area (Å²) in [6.07, 6.45) is 0.797. The summed E-state index contributed by atoms with van der Waals surface area (Å²) in [7, 11) is 1.60. The number of carbonyl (C=O) groups excluding carboxylic acids is 1. The summed E-state index contributed by atoms with van der Waals surface area (Å²) in [5.74, 6) is 2.00. The predicted molar refractivity (Wildman–Crippen MR) is 85.0 cm³/mol. The molecule has 0 N–H and O–H groups in total. The minimum absolute atomic E-state index is 0.578. The van der Waals surface area contributed by atoms with E-state index in [0.717, 1.165) is 20.8 Å². The fourth-order valence-electron chi connectivity index (χ4n) is 1.66. The van der Waals surface area contributed by atoms with E-state index in [9.17, 15) is 4.79 Å². The van der Waals surface area contributed by atoms with Gasteiger partial charge in [0.1, 0.15) is 23.5 Å². The Balaban J connectivity index is 2.39. The van der Waals surface area contributed by atoms with E-state index in [0.29, 0.717) is 22.8 Å². The highest BCUT2D eigenvalue weighted by Crippen LogP contribution is 2.38. The Morgan fingerprint density at radius 3 is 2.30 bits per heavy atom. The molecule has 0 aliphatic carbocycles. The van der Waals surface area contributed by atoms with Crippen LogP contribution in [-0.4, -0.2) is 13.4 Å². The van der Waals surface area contributed by atoms with E-state index < -0.39 is 0 Å². The summed E-state index contributed by atoms with van der Waals surface area (Å²) in [6.45, 7) is 1.93. The fraction of sp³-hybridized carbons (Fsp3) is 0.133. The van der Waals surface area contributed by atoms with Gasteiger partial charge in [-0.2, -0.15) is 0 Å². The molecule has 0 fully saturated rings. The molecule has 0 unspecified atom stereocenters. The Bertz CT molecular complexity index is 654. The van der Waals surface area contributed by atoms with E-state index in [1.54, 1.807) is 19.2 Å². The van der Waals surface area contributed by atoms with Crippen LogP contribution in [-0.2, 0) is 0 Å². The highest BCUT2D eigenvalue weighted by molar-refractivity contribution is 9.11. The predicted octanol–water partition coefficient (Wildman–Crippen LogP) is 5.13. The molecule has 2 aromatic rings. The number of methoxy groups -OCH3 is 1. The Morgan fingerprint density at radius 1 is 1.00 bits per heavy atom. The van der Waals surface area contributed by atoms with Gasteiger partial charge in [-0.25, -0.2) is 0 Å². The lowest BCUT2D eigenvalue weighted by Gasteiger charge is -2.13. The van der Waals surface area contributed by atoms with Gasteiger partial charge in [0.15, 0.2) is 0 Å². The number of hydrogen-bond acceptors (Lipinski definition) is 3. The van der Waals surface area contributed by atoms with Gasteiger partial charge in [0.25, 0.3) is 0 Å². The number of ether oxygens (including phenoxy) is 2. The molecule has 0 aliphatic heterocycles. The first kappa shape index (κ1) is 15.1. The van der Waals surface area contributed by atoms with Crippen LogP contribution in [0.4, 0.5) is 0 Å². The van der Waals surface area contributed by atoms with E-state index in [1.165, 1.54) is 0 Å². The van der Waals surface area contributed by atoms with Crippen LogP contribution < -0.4 is 9.47 Å². The molecule has 2 rings (SSSR count). The minimum Gasteiger partial charge on any atom is -0.496 e. The minimum atomic E-state index is 0.578. The second-order valence-corrected chi connectivity index (χ2v) is 5.87. The van der Waals surface area contributed by atoms with Crippen molar-refractivity contribution >= 4 is 38.1 Å². The van der Waals surface area contributed by atoms with Crippen LogP contribution in [0.5, 0.6) is 17.2 Å². The lowest BCUT2D eigenvalue weighted by molar-refractivity contribution is 0.112. The topological polar surface area (TPSA) is 35.5 Å². The van der Waals surface area contributed by atoms with Crippen molar-refractivity contribution in [2.24, 2.45) is 0 Å². The van der Waals surface area contributed by atoms with Gasteiger partial charge in [0, 0.05) is 5.56 Å². The number of hydrogen-bond donors (Lipinski definition) is 0. The zero-order valence-electron chi connectivity index (χ0n) is 10.9. The first-order valence-corrected chi connectivity index (χ1v) is 7.40. The maximum atomic E-state index is 10.8. The normalized spacial score (nSPS) is 10.2. The fourth-order valence-corrected chi connectivity index (χ4v) is 2.55. The van der Waals surface area contributed by atoms with Gasteiger partial charge in [0.05, 0.1) is 16.1 Å². The average molecular weight is 400 g/mol. The smallest absolute Gasteiger partial charge is 0.150 e. The molecule has 2 aromatic carbocycles. The number of aldehydes is 1. The Morgan fingerprint density at radius 2 is 1.65 bits per heavy atom. The van der Waals surface area contributed by atoms with E-state index in [4.69, 9.17) is 9.47 Å². The number of benzene rings is 2. The van der Waals surface area contributed by atoms with Gasteiger partial charge in [0.2, 0.25) is 0 Å². The lowest BCUT2D eigenvalue weighted by atomic mass is 10.1. The first-order chi connectivity index (χ1) is 9.55. The molecule has 3 nitrogen and oxygen atoms in total. The number of rotatable bonds is 4. The zero-order chi connectivity index (χ0) is 14.7. The molecule has 104 valence electrons. The summed E-state index contributed by atoms with van der Waals surface area (Å²) in [4.78, 5) is 10.8. The van der Waals surface area contributed by atoms with E-state index >= 15 is 0 Å². The molecular weight excluding hydrogens is 388 g/mol. The van der Waals surface area contributed by atoms with Gasteiger partial charge >= 0.3 is 0 Å². The largest absolute Gasteiger partial charge is 0.496 e. The van der Waals surface area contributed by atoms with Crippen molar-refractivity contribution in [3.8, 4) is 17.2 Å². The Labute approximate surface area is 134 Å². The molecule has 0 aromatic heterocycles. The van der Waals surface area contributed by atoms with Gasteiger partial charge in [-0.05, 0) is 62.5 Å². The van der Waals surface area contributed by atoms with Crippen molar-refractivity contribution < 1.29 is 14.3 Å². The van der Waals surface area contributed by atoms with Crippen molar-refractivity contribution in [2.45, 2.75) is 6.92 Å². The highest BCUT2D eigenvalue weighted by atomic mass is 79.9. The standard InChI is InChI=1S/C15H12Br2O3/c1-9-3-4-10(8-18)5-13(9)20-15-7-11(16)14(19-2)6-12(15)17/h3-8H,1-2H3. The Kier molecular flexibility index (Phi) is 4.83. The van der Waals surface area contributed by atoms with Gasteiger partial charge in [-0.15, -0.1) is 0 Å². The van der Waals surface area contributed by atoms with Crippen LogP contribution in [0.2, 0.25) is 0 Å². The van der Waals surface area contributed by atoms with Gasteiger partial charge in [-0.1, -0.05) is 12.1 Å². The molecule has 0 atom stereocenters. The summed E-state index contributed by atoms with van der Waals surface area (Å²) in [5.41, 5.74) is 1.53. The third-order valence-electron chi connectivity index (χ3n) is 2.77. The van der Waals surface area contributed by atoms with Crippen LogP contribution >= 0.6 is 31.9 Å². The molecule has 20 heavy (non-hydrogen) atoms. The molecule has 0 bridgehead atoms. The first-order valence-electron chi connectivity index (χ1n) is 5.82. The highest BCUT2D eigenvalue weighted by Gasteiger charge is 2.10. The van der Waals surface area contributed by atoms with E-state index in [2.05, 4.69) is 31.9 Å². The quantitative estimate of drug-likeness (QED) is 0.668. The molecule has 0 radical (unpaired) electrons. The van der Waals surface area contributed by atoms with Gasteiger partial charge in [-0.3, -0.25) is 4.79 Å². The van der Waals surface area contributed by atoms with E-state index in [1.807, 2.05) is 25.1 Å². The van der Waals surface area contributed by atoms with Crippen LogP contribution in [0.25, 0.3) is 0 Å².